The number of nitrogens with zero attached hydrogens (tertiary/aromatic N) is 3. The molecular formula is C14H21N5S. The molecule has 0 aromatic carbocycles. The molecule has 2 aromatic heterocycles. The molecule has 0 fully saturated rings. The summed E-state index contributed by atoms with van der Waals surface area (Å²) in [7, 11) is 1.88. The highest BCUT2D eigenvalue weighted by molar-refractivity contribution is 7.09. The van der Waals surface area contributed by atoms with Gasteiger partial charge in [0.1, 0.15) is 18.0 Å². The van der Waals surface area contributed by atoms with Crippen LogP contribution in [0.5, 0.6) is 0 Å². The van der Waals surface area contributed by atoms with E-state index in [2.05, 4.69) is 44.8 Å². The van der Waals surface area contributed by atoms with E-state index in [0.717, 1.165) is 40.9 Å². The highest BCUT2D eigenvalue weighted by Gasteiger charge is 2.13. The Bertz CT molecular complexity index is 564. The second-order valence-corrected chi connectivity index (χ2v) is 5.99. The molecule has 2 aromatic rings. The van der Waals surface area contributed by atoms with E-state index < -0.39 is 0 Å². The summed E-state index contributed by atoms with van der Waals surface area (Å²) in [5.41, 5.74) is 2.26. The van der Waals surface area contributed by atoms with Gasteiger partial charge in [0.05, 0.1) is 10.7 Å². The predicted molar refractivity (Wildman–Crippen MR) is 84.7 cm³/mol. The average molecular weight is 291 g/mol. The van der Waals surface area contributed by atoms with Gasteiger partial charge in [0.25, 0.3) is 0 Å². The Morgan fingerprint density at radius 2 is 2.00 bits per heavy atom. The molecule has 0 radical (unpaired) electrons. The smallest absolute Gasteiger partial charge is 0.134 e. The Balaban J connectivity index is 2.05. The molecule has 0 saturated carbocycles. The molecule has 0 amide bonds. The maximum absolute atomic E-state index is 4.47. The minimum absolute atomic E-state index is 0.364. The van der Waals surface area contributed by atoms with Gasteiger partial charge in [0.2, 0.25) is 0 Å². The van der Waals surface area contributed by atoms with Crippen molar-refractivity contribution in [2.45, 2.75) is 33.1 Å². The summed E-state index contributed by atoms with van der Waals surface area (Å²) in [6.45, 7) is 7.15. The first kappa shape index (κ1) is 14.7. The van der Waals surface area contributed by atoms with Crippen LogP contribution in [0.2, 0.25) is 0 Å². The summed E-state index contributed by atoms with van der Waals surface area (Å²) >= 11 is 1.69. The third-order valence-corrected chi connectivity index (χ3v) is 3.86. The molecule has 20 heavy (non-hydrogen) atoms. The molecule has 6 heteroatoms. The topological polar surface area (TPSA) is 62.7 Å². The molecule has 0 aliphatic carbocycles. The van der Waals surface area contributed by atoms with E-state index in [-0.39, 0.29) is 0 Å². The molecular weight excluding hydrogens is 270 g/mol. The lowest BCUT2D eigenvalue weighted by Gasteiger charge is -2.16. The van der Waals surface area contributed by atoms with Gasteiger partial charge in [-0.1, -0.05) is 13.8 Å². The maximum atomic E-state index is 4.47. The second kappa shape index (κ2) is 6.65. The largest absolute Gasteiger partial charge is 0.373 e. The van der Waals surface area contributed by atoms with Gasteiger partial charge in [-0.25, -0.2) is 15.0 Å². The van der Waals surface area contributed by atoms with Crippen molar-refractivity contribution in [1.82, 2.24) is 15.0 Å². The summed E-state index contributed by atoms with van der Waals surface area (Å²) in [5.74, 6) is 2.16. The second-order valence-electron chi connectivity index (χ2n) is 4.92. The fourth-order valence-electron chi connectivity index (χ4n) is 2.11. The van der Waals surface area contributed by atoms with Crippen molar-refractivity contribution in [3.8, 4) is 0 Å². The summed E-state index contributed by atoms with van der Waals surface area (Å²) in [6, 6.07) is 0. The van der Waals surface area contributed by atoms with Crippen LogP contribution < -0.4 is 10.6 Å². The summed E-state index contributed by atoms with van der Waals surface area (Å²) in [4.78, 5) is 13.1. The third kappa shape index (κ3) is 3.45. The maximum Gasteiger partial charge on any atom is 0.134 e. The minimum Gasteiger partial charge on any atom is -0.373 e. The molecule has 0 aliphatic heterocycles. The van der Waals surface area contributed by atoms with Crippen LogP contribution in [0.1, 0.15) is 36.0 Å². The van der Waals surface area contributed by atoms with E-state index in [9.17, 15) is 0 Å². The van der Waals surface area contributed by atoms with Gasteiger partial charge < -0.3 is 10.6 Å². The Kier molecular flexibility index (Phi) is 4.89. The van der Waals surface area contributed by atoms with E-state index in [0.29, 0.717) is 5.92 Å². The highest BCUT2D eigenvalue weighted by Crippen LogP contribution is 2.27. The van der Waals surface area contributed by atoms with Crippen LogP contribution in [-0.2, 0) is 6.42 Å². The zero-order chi connectivity index (χ0) is 14.5. The third-order valence-electron chi connectivity index (χ3n) is 3.04. The first-order valence-electron chi connectivity index (χ1n) is 6.79. The van der Waals surface area contributed by atoms with Crippen LogP contribution in [0.25, 0.3) is 0 Å². The Labute approximate surface area is 123 Å². The van der Waals surface area contributed by atoms with Gasteiger partial charge in [-0.15, -0.1) is 11.3 Å². The zero-order valence-corrected chi connectivity index (χ0v) is 13.2. The van der Waals surface area contributed by atoms with Crippen molar-refractivity contribution < 1.29 is 0 Å². The lowest BCUT2D eigenvalue weighted by molar-refractivity contribution is 0.843. The normalized spacial score (nSPS) is 10.8. The van der Waals surface area contributed by atoms with Gasteiger partial charge in [-0.2, -0.15) is 0 Å². The number of thiazole rings is 1. The van der Waals surface area contributed by atoms with Gasteiger partial charge in [-0.3, -0.25) is 0 Å². The monoisotopic (exact) mass is 291 g/mol. The molecule has 0 unspecified atom stereocenters. The number of aromatic nitrogens is 3. The van der Waals surface area contributed by atoms with Crippen LogP contribution >= 0.6 is 11.3 Å². The predicted octanol–water partition coefficient (Wildman–Crippen LogP) is 3.06. The van der Waals surface area contributed by atoms with Crippen molar-refractivity contribution in [3.63, 3.8) is 0 Å². The highest BCUT2D eigenvalue weighted by atomic mass is 32.1. The van der Waals surface area contributed by atoms with Crippen molar-refractivity contribution in [3.05, 3.63) is 28.0 Å². The van der Waals surface area contributed by atoms with Crippen LogP contribution in [0.15, 0.2) is 11.7 Å². The standard InChI is InChI=1S/C14H21N5S/c1-9(2)12-13(15-4)17-8-18-14(12)16-6-5-11-7-20-10(3)19-11/h7-9H,5-6H2,1-4H3,(H2,15,16,17,18). The first-order valence-corrected chi connectivity index (χ1v) is 7.67. The minimum atomic E-state index is 0.364. The zero-order valence-electron chi connectivity index (χ0n) is 12.4. The number of hydrogen-bond acceptors (Lipinski definition) is 6. The van der Waals surface area contributed by atoms with Gasteiger partial charge in [-0.05, 0) is 12.8 Å². The SMILES string of the molecule is CNc1ncnc(NCCc2csc(C)n2)c1C(C)C. The molecule has 0 atom stereocenters. The van der Waals surface area contributed by atoms with Crippen LogP contribution in [0.4, 0.5) is 11.6 Å². The summed E-state index contributed by atoms with van der Waals surface area (Å²) < 4.78 is 0. The number of aryl methyl sites for hydroxylation is 1. The van der Waals surface area contributed by atoms with Crippen molar-refractivity contribution in [2.24, 2.45) is 0 Å². The van der Waals surface area contributed by atoms with Crippen LogP contribution in [0, 0.1) is 6.92 Å². The van der Waals surface area contributed by atoms with Gasteiger partial charge >= 0.3 is 0 Å². The first-order chi connectivity index (χ1) is 9.61. The molecule has 108 valence electrons. The van der Waals surface area contributed by atoms with E-state index in [1.165, 1.54) is 0 Å². The Hall–Kier alpha value is -1.69. The van der Waals surface area contributed by atoms with E-state index in [1.54, 1.807) is 17.7 Å². The van der Waals surface area contributed by atoms with Crippen LogP contribution in [-0.4, -0.2) is 28.5 Å². The summed E-state index contributed by atoms with van der Waals surface area (Å²) in [5, 5.41) is 9.75. The molecule has 2 heterocycles. The number of hydrogen-bond donors (Lipinski definition) is 2. The molecule has 2 rings (SSSR count). The molecule has 5 nitrogen and oxygen atoms in total. The quantitative estimate of drug-likeness (QED) is 0.856. The summed E-state index contributed by atoms with van der Waals surface area (Å²) in [6.07, 6.45) is 2.49. The van der Waals surface area contributed by atoms with E-state index in [1.807, 2.05) is 14.0 Å². The fraction of sp³-hybridized carbons (Fsp3) is 0.500. The lowest BCUT2D eigenvalue weighted by atomic mass is 10.0. The van der Waals surface area contributed by atoms with Gasteiger partial charge in [0.15, 0.2) is 0 Å². The fourth-order valence-corrected chi connectivity index (χ4v) is 2.76. The van der Waals surface area contributed by atoms with Crippen molar-refractivity contribution in [1.29, 1.82) is 0 Å². The average Bonchev–Trinajstić information content (AvgIpc) is 2.83. The number of anilines is 2. The molecule has 0 saturated heterocycles. The number of nitrogens with one attached hydrogen (secondary N) is 2. The molecule has 0 aliphatic rings. The van der Waals surface area contributed by atoms with Crippen molar-refractivity contribution in [2.75, 3.05) is 24.2 Å². The Morgan fingerprint density at radius 1 is 1.25 bits per heavy atom. The molecule has 0 spiro atoms. The van der Waals surface area contributed by atoms with E-state index >= 15 is 0 Å². The Morgan fingerprint density at radius 3 is 2.60 bits per heavy atom. The number of rotatable bonds is 6. The van der Waals surface area contributed by atoms with E-state index in [4.69, 9.17) is 0 Å². The lowest BCUT2D eigenvalue weighted by Crippen LogP contribution is -2.12. The molecule has 2 N–H and O–H groups in total. The van der Waals surface area contributed by atoms with Gasteiger partial charge in [0, 0.05) is 31.0 Å². The van der Waals surface area contributed by atoms with Crippen molar-refractivity contribution >= 4 is 23.0 Å². The van der Waals surface area contributed by atoms with Crippen LogP contribution in [0.3, 0.4) is 0 Å². The molecule has 0 bridgehead atoms.